The molecular weight excluding hydrogens is 296 g/mol. The van der Waals surface area contributed by atoms with Crippen LogP contribution in [-0.4, -0.2) is 41.5 Å². The monoisotopic (exact) mass is 312 g/mol. The number of hydrogen-bond donors (Lipinski definition) is 2. The molecular formula is C13H16N2O5S. The number of sulfonamides is 1. The molecule has 0 bridgehead atoms. The summed E-state index contributed by atoms with van der Waals surface area (Å²) in [6, 6.07) is 4.57. The van der Waals surface area contributed by atoms with Gasteiger partial charge < -0.3 is 10.2 Å². The summed E-state index contributed by atoms with van der Waals surface area (Å²) in [5.41, 5.74) is -0.486. The molecule has 0 aliphatic heterocycles. The van der Waals surface area contributed by atoms with E-state index in [9.17, 15) is 18.3 Å². The molecule has 2 N–H and O–H groups in total. The first-order chi connectivity index (χ1) is 9.71. The largest absolute Gasteiger partial charge is 0.507 e. The number of aromatic carboxylic acids is 1. The molecule has 0 heterocycles. The molecule has 8 heteroatoms. The number of nitriles is 1. The maximum atomic E-state index is 12.5. The second-order valence-corrected chi connectivity index (χ2v) is 6.49. The fourth-order valence-electron chi connectivity index (χ4n) is 1.80. The average Bonchev–Trinajstić information content (AvgIpc) is 2.38. The lowest BCUT2D eigenvalue weighted by Crippen LogP contribution is -2.37. The Bertz CT molecular complexity index is 676. The van der Waals surface area contributed by atoms with Gasteiger partial charge in [-0.3, -0.25) is 0 Å². The van der Waals surface area contributed by atoms with Gasteiger partial charge in [0.2, 0.25) is 10.0 Å². The van der Waals surface area contributed by atoms with Crippen molar-refractivity contribution in [2.24, 2.45) is 0 Å². The minimum absolute atomic E-state index is 0.0137. The Hall–Kier alpha value is -2.11. The van der Waals surface area contributed by atoms with Crippen LogP contribution in [-0.2, 0) is 10.0 Å². The van der Waals surface area contributed by atoms with Crippen molar-refractivity contribution in [3.8, 4) is 11.8 Å². The zero-order valence-electron chi connectivity index (χ0n) is 11.6. The summed E-state index contributed by atoms with van der Waals surface area (Å²) in [4.78, 5) is 10.7. The first-order valence-electron chi connectivity index (χ1n) is 6.17. The number of hydrogen-bond acceptors (Lipinski definition) is 5. The van der Waals surface area contributed by atoms with E-state index in [1.807, 2.05) is 6.07 Å². The molecule has 0 saturated carbocycles. The quantitative estimate of drug-likeness (QED) is 0.819. The fourth-order valence-corrected chi connectivity index (χ4v) is 3.46. The van der Waals surface area contributed by atoms with Crippen molar-refractivity contribution < 1.29 is 23.4 Å². The van der Waals surface area contributed by atoms with Gasteiger partial charge >= 0.3 is 5.97 Å². The van der Waals surface area contributed by atoms with E-state index in [-0.39, 0.29) is 23.9 Å². The van der Waals surface area contributed by atoms with E-state index in [4.69, 9.17) is 10.4 Å². The highest BCUT2D eigenvalue weighted by atomic mass is 32.2. The highest BCUT2D eigenvalue weighted by Crippen LogP contribution is 2.25. The summed E-state index contributed by atoms with van der Waals surface area (Å²) in [5.74, 6) is -1.92. The summed E-state index contributed by atoms with van der Waals surface area (Å²) in [5, 5.41) is 27.0. The Kier molecular flexibility index (Phi) is 5.29. The second-order valence-electron chi connectivity index (χ2n) is 4.60. The van der Waals surface area contributed by atoms with E-state index in [1.54, 1.807) is 13.8 Å². The van der Waals surface area contributed by atoms with E-state index in [0.717, 1.165) is 22.5 Å². The van der Waals surface area contributed by atoms with Gasteiger partial charge in [0, 0.05) is 19.0 Å². The molecule has 114 valence electrons. The summed E-state index contributed by atoms with van der Waals surface area (Å²) >= 11 is 0. The van der Waals surface area contributed by atoms with Crippen LogP contribution in [0.2, 0.25) is 0 Å². The summed E-state index contributed by atoms with van der Waals surface area (Å²) in [6.45, 7) is 3.33. The summed E-state index contributed by atoms with van der Waals surface area (Å²) < 4.78 is 26.1. The maximum absolute atomic E-state index is 12.5. The van der Waals surface area contributed by atoms with Gasteiger partial charge in [0.05, 0.1) is 11.0 Å². The molecule has 0 atom stereocenters. The number of rotatable bonds is 6. The van der Waals surface area contributed by atoms with Crippen molar-refractivity contribution in [3.63, 3.8) is 0 Å². The van der Waals surface area contributed by atoms with Crippen LogP contribution in [0.4, 0.5) is 0 Å². The van der Waals surface area contributed by atoms with E-state index in [0.29, 0.717) is 0 Å². The van der Waals surface area contributed by atoms with Crippen molar-refractivity contribution in [1.29, 1.82) is 5.26 Å². The van der Waals surface area contributed by atoms with Crippen molar-refractivity contribution in [2.45, 2.75) is 31.2 Å². The number of aromatic hydroxyl groups is 1. The van der Waals surface area contributed by atoms with Gasteiger partial charge in [0.15, 0.2) is 0 Å². The molecule has 0 spiro atoms. The number of carboxylic acid groups (broad SMARTS) is 1. The third-order valence-corrected chi connectivity index (χ3v) is 4.90. The number of benzene rings is 1. The van der Waals surface area contributed by atoms with Crippen molar-refractivity contribution in [1.82, 2.24) is 4.31 Å². The Morgan fingerprint density at radius 2 is 2.05 bits per heavy atom. The van der Waals surface area contributed by atoms with Crippen LogP contribution >= 0.6 is 0 Å². The fraction of sp³-hybridized carbons (Fsp3) is 0.385. The molecule has 0 aliphatic rings. The zero-order chi connectivity index (χ0) is 16.2. The third kappa shape index (κ3) is 3.71. The van der Waals surface area contributed by atoms with Crippen LogP contribution in [0, 0.1) is 11.3 Å². The van der Waals surface area contributed by atoms with Crippen molar-refractivity contribution in [3.05, 3.63) is 23.8 Å². The summed E-state index contributed by atoms with van der Waals surface area (Å²) in [7, 11) is -3.94. The molecule has 0 aliphatic carbocycles. The van der Waals surface area contributed by atoms with Gasteiger partial charge in [0.25, 0.3) is 0 Å². The minimum Gasteiger partial charge on any atom is -0.507 e. The van der Waals surface area contributed by atoms with Crippen LogP contribution in [0.25, 0.3) is 0 Å². The van der Waals surface area contributed by atoms with Gasteiger partial charge in [-0.15, -0.1) is 0 Å². The van der Waals surface area contributed by atoms with E-state index in [2.05, 4.69) is 0 Å². The lowest BCUT2D eigenvalue weighted by molar-refractivity contribution is 0.0693. The Morgan fingerprint density at radius 1 is 1.43 bits per heavy atom. The van der Waals surface area contributed by atoms with Gasteiger partial charge in [-0.25, -0.2) is 13.2 Å². The predicted molar refractivity (Wildman–Crippen MR) is 74.3 cm³/mol. The average molecular weight is 312 g/mol. The van der Waals surface area contributed by atoms with Gasteiger partial charge in [-0.05, 0) is 32.0 Å². The SMILES string of the molecule is CC(C)N(CCC#N)S(=O)(=O)c1ccc(O)c(C(=O)O)c1. The molecule has 0 fully saturated rings. The number of phenols is 1. The number of carboxylic acids is 1. The molecule has 21 heavy (non-hydrogen) atoms. The lowest BCUT2D eigenvalue weighted by atomic mass is 10.2. The van der Waals surface area contributed by atoms with Crippen LogP contribution in [0.15, 0.2) is 23.1 Å². The molecule has 0 unspecified atom stereocenters. The second kappa shape index (κ2) is 6.56. The van der Waals surface area contributed by atoms with E-state index >= 15 is 0 Å². The Labute approximate surface area is 123 Å². The molecule has 1 aromatic rings. The molecule has 0 aromatic heterocycles. The lowest BCUT2D eigenvalue weighted by Gasteiger charge is -2.25. The zero-order valence-corrected chi connectivity index (χ0v) is 12.5. The van der Waals surface area contributed by atoms with Crippen LogP contribution in [0.3, 0.4) is 0 Å². The van der Waals surface area contributed by atoms with Crippen molar-refractivity contribution in [2.75, 3.05) is 6.54 Å². The Morgan fingerprint density at radius 3 is 2.52 bits per heavy atom. The standard InChI is InChI=1S/C13H16N2O5S/c1-9(2)15(7-3-6-14)21(19,20)10-4-5-12(16)11(8-10)13(17)18/h4-5,8-9,16H,3,7H2,1-2H3,(H,17,18). The van der Waals surface area contributed by atoms with Gasteiger partial charge in [-0.1, -0.05) is 0 Å². The summed E-state index contributed by atoms with van der Waals surface area (Å²) in [6.07, 6.45) is 0.0290. The van der Waals surface area contributed by atoms with Crippen LogP contribution < -0.4 is 0 Å². The van der Waals surface area contributed by atoms with E-state index in [1.165, 1.54) is 0 Å². The van der Waals surface area contributed by atoms with E-state index < -0.39 is 27.3 Å². The van der Waals surface area contributed by atoms with Gasteiger partial charge in [-0.2, -0.15) is 9.57 Å². The van der Waals surface area contributed by atoms with Gasteiger partial charge in [0.1, 0.15) is 11.3 Å². The van der Waals surface area contributed by atoms with Crippen molar-refractivity contribution >= 4 is 16.0 Å². The third-order valence-electron chi connectivity index (χ3n) is 2.82. The van der Waals surface area contributed by atoms with Crippen LogP contribution in [0.5, 0.6) is 5.75 Å². The molecule has 0 saturated heterocycles. The topological polar surface area (TPSA) is 119 Å². The highest BCUT2D eigenvalue weighted by Gasteiger charge is 2.28. The molecule has 0 radical (unpaired) electrons. The molecule has 0 amide bonds. The smallest absolute Gasteiger partial charge is 0.339 e. The molecule has 1 rings (SSSR count). The first-order valence-corrected chi connectivity index (χ1v) is 7.61. The number of carbonyl (C=O) groups is 1. The van der Waals surface area contributed by atoms with Crippen LogP contribution in [0.1, 0.15) is 30.6 Å². The molecule has 1 aromatic carbocycles. The number of nitrogens with zero attached hydrogens (tertiary/aromatic N) is 2. The first kappa shape index (κ1) is 16.9. The highest BCUT2D eigenvalue weighted by molar-refractivity contribution is 7.89. The minimum atomic E-state index is -3.94. The predicted octanol–water partition coefficient (Wildman–Crippen LogP) is 1.40. The molecule has 7 nitrogen and oxygen atoms in total. The normalized spacial score (nSPS) is 11.6. The maximum Gasteiger partial charge on any atom is 0.339 e. The Balaban J connectivity index is 3.32.